The number of nitrogens with zero attached hydrogens (tertiary/aromatic N) is 2. The fourth-order valence-corrected chi connectivity index (χ4v) is 3.91. The molecule has 24 heavy (non-hydrogen) atoms. The highest BCUT2D eigenvalue weighted by atomic mass is 32.1. The highest BCUT2D eigenvalue weighted by Crippen LogP contribution is 2.26. The third kappa shape index (κ3) is 4.44. The van der Waals surface area contributed by atoms with Crippen LogP contribution in [0.15, 0.2) is 18.3 Å². The van der Waals surface area contributed by atoms with Gasteiger partial charge in [0.15, 0.2) is 18.2 Å². The zero-order valence-electron chi connectivity index (χ0n) is 13.5. The maximum absolute atomic E-state index is 10.6. The molecule has 3 rings (SSSR count). The van der Waals surface area contributed by atoms with Crippen LogP contribution in [-0.4, -0.2) is 34.2 Å². The third-order valence-electron chi connectivity index (χ3n) is 3.89. The molecule has 0 aromatic carbocycles. The Hall–Kier alpha value is -2.15. The highest BCUT2D eigenvalue weighted by Gasteiger charge is 2.14. The van der Waals surface area contributed by atoms with E-state index in [4.69, 9.17) is 14.8 Å². The Morgan fingerprint density at radius 3 is 3.08 bits per heavy atom. The summed E-state index contributed by atoms with van der Waals surface area (Å²) >= 11 is 1.82. The van der Waals surface area contributed by atoms with Crippen molar-refractivity contribution in [2.75, 3.05) is 18.5 Å². The molecule has 2 aromatic heterocycles. The van der Waals surface area contributed by atoms with Crippen molar-refractivity contribution in [2.24, 2.45) is 0 Å². The summed E-state index contributed by atoms with van der Waals surface area (Å²) in [6.45, 7) is 0.312. The maximum Gasteiger partial charge on any atom is 0.341 e. The SMILES string of the molecule is O=C(O)COc1cccnc1NCCc1nc2c(s1)CCCCC2. The molecule has 0 unspecified atom stereocenters. The number of pyridine rings is 1. The molecule has 1 aliphatic rings. The van der Waals surface area contributed by atoms with Crippen molar-refractivity contribution < 1.29 is 14.6 Å². The van der Waals surface area contributed by atoms with Crippen LogP contribution in [0, 0.1) is 0 Å². The first kappa shape index (κ1) is 16.7. The minimum atomic E-state index is -1.01. The molecule has 0 saturated heterocycles. The van der Waals surface area contributed by atoms with E-state index >= 15 is 0 Å². The monoisotopic (exact) mass is 347 g/mol. The van der Waals surface area contributed by atoms with Crippen LogP contribution in [0.25, 0.3) is 0 Å². The van der Waals surface area contributed by atoms with Crippen molar-refractivity contribution in [2.45, 2.75) is 38.5 Å². The number of nitrogens with one attached hydrogen (secondary N) is 1. The van der Waals surface area contributed by atoms with Gasteiger partial charge in [-0.25, -0.2) is 14.8 Å². The number of ether oxygens (including phenoxy) is 1. The quantitative estimate of drug-likeness (QED) is 0.749. The van der Waals surface area contributed by atoms with Crippen molar-refractivity contribution in [3.05, 3.63) is 33.9 Å². The molecule has 2 N–H and O–H groups in total. The minimum Gasteiger partial charge on any atom is -0.479 e. The normalized spacial score (nSPS) is 13.8. The topological polar surface area (TPSA) is 84.3 Å². The zero-order valence-corrected chi connectivity index (χ0v) is 14.3. The molecule has 0 bridgehead atoms. The third-order valence-corrected chi connectivity index (χ3v) is 5.11. The van der Waals surface area contributed by atoms with E-state index in [0.29, 0.717) is 18.1 Å². The number of anilines is 1. The van der Waals surface area contributed by atoms with Crippen molar-refractivity contribution >= 4 is 23.1 Å². The summed E-state index contributed by atoms with van der Waals surface area (Å²) in [5.74, 6) is 0.0146. The number of hydrogen-bond acceptors (Lipinski definition) is 6. The number of thiazole rings is 1. The van der Waals surface area contributed by atoms with E-state index in [1.54, 1.807) is 18.3 Å². The van der Waals surface area contributed by atoms with Crippen molar-refractivity contribution in [3.8, 4) is 5.75 Å². The van der Waals surface area contributed by atoms with Gasteiger partial charge in [-0.1, -0.05) is 6.42 Å². The highest BCUT2D eigenvalue weighted by molar-refractivity contribution is 7.11. The van der Waals surface area contributed by atoms with Gasteiger partial charge in [-0.15, -0.1) is 11.3 Å². The molecule has 2 heterocycles. The molecule has 0 radical (unpaired) electrons. The van der Waals surface area contributed by atoms with Gasteiger partial charge in [0, 0.05) is 24.0 Å². The Bertz CT molecular complexity index is 679. The molecule has 0 spiro atoms. The second-order valence-corrected chi connectivity index (χ2v) is 6.92. The Labute approximate surface area is 144 Å². The first-order valence-electron chi connectivity index (χ1n) is 8.23. The van der Waals surface area contributed by atoms with Gasteiger partial charge in [-0.2, -0.15) is 0 Å². The molecule has 7 heteroatoms. The lowest BCUT2D eigenvalue weighted by molar-refractivity contribution is -0.139. The van der Waals surface area contributed by atoms with Crippen molar-refractivity contribution in [1.29, 1.82) is 0 Å². The summed E-state index contributed by atoms with van der Waals surface area (Å²) in [6.07, 6.45) is 8.56. The maximum atomic E-state index is 10.6. The van der Waals surface area contributed by atoms with E-state index in [0.717, 1.165) is 24.3 Å². The summed E-state index contributed by atoms with van der Waals surface area (Å²) in [5.41, 5.74) is 1.29. The van der Waals surface area contributed by atoms with Crippen LogP contribution < -0.4 is 10.1 Å². The second kappa shape index (κ2) is 8.10. The fourth-order valence-electron chi connectivity index (χ4n) is 2.76. The smallest absolute Gasteiger partial charge is 0.341 e. The predicted molar refractivity (Wildman–Crippen MR) is 92.9 cm³/mol. The standard InChI is InChI=1S/C17H21N3O3S/c21-16(22)11-23-13-6-4-9-18-17(13)19-10-8-15-20-12-5-2-1-3-7-14(12)24-15/h4,6,9H,1-3,5,7-8,10-11H2,(H,18,19)(H,21,22). The van der Waals surface area contributed by atoms with Gasteiger partial charge in [0.05, 0.1) is 10.7 Å². The summed E-state index contributed by atoms with van der Waals surface area (Å²) < 4.78 is 5.24. The van der Waals surface area contributed by atoms with E-state index in [-0.39, 0.29) is 6.61 Å². The van der Waals surface area contributed by atoms with Gasteiger partial charge in [0.25, 0.3) is 0 Å². The minimum absolute atomic E-state index is 0.375. The summed E-state index contributed by atoms with van der Waals surface area (Å²) in [7, 11) is 0. The Balaban J connectivity index is 1.56. The molecular formula is C17H21N3O3S. The average molecular weight is 347 g/mol. The molecule has 6 nitrogen and oxygen atoms in total. The van der Waals surface area contributed by atoms with E-state index in [9.17, 15) is 4.79 Å². The number of aromatic nitrogens is 2. The van der Waals surface area contributed by atoms with Gasteiger partial charge in [0.2, 0.25) is 0 Å². The lowest BCUT2D eigenvalue weighted by Gasteiger charge is -2.10. The molecule has 0 amide bonds. The average Bonchev–Trinajstić information content (AvgIpc) is 2.83. The number of carboxylic acid groups (broad SMARTS) is 1. The Kier molecular flexibility index (Phi) is 5.63. The van der Waals surface area contributed by atoms with Gasteiger partial charge in [-0.05, 0) is 37.8 Å². The second-order valence-electron chi connectivity index (χ2n) is 5.75. The molecule has 1 aliphatic carbocycles. The molecule has 0 fully saturated rings. The van der Waals surface area contributed by atoms with Crippen molar-refractivity contribution in [3.63, 3.8) is 0 Å². The molecule has 128 valence electrons. The van der Waals surface area contributed by atoms with Crippen LogP contribution >= 0.6 is 11.3 Å². The Morgan fingerprint density at radius 2 is 2.21 bits per heavy atom. The molecule has 0 saturated carbocycles. The molecule has 0 atom stereocenters. The molecule has 2 aromatic rings. The first-order chi connectivity index (χ1) is 11.7. The van der Waals surface area contributed by atoms with E-state index in [1.165, 1.54) is 29.8 Å². The van der Waals surface area contributed by atoms with Crippen LogP contribution in [0.5, 0.6) is 5.75 Å². The predicted octanol–water partition coefficient (Wildman–Crippen LogP) is 2.93. The van der Waals surface area contributed by atoms with E-state index < -0.39 is 5.97 Å². The van der Waals surface area contributed by atoms with Crippen LogP contribution in [0.4, 0.5) is 5.82 Å². The van der Waals surface area contributed by atoms with Gasteiger partial charge in [-0.3, -0.25) is 0 Å². The molecular weight excluding hydrogens is 326 g/mol. The fraction of sp³-hybridized carbons (Fsp3) is 0.471. The summed E-state index contributed by atoms with van der Waals surface area (Å²) in [4.78, 5) is 21.1. The van der Waals surface area contributed by atoms with Crippen LogP contribution in [0.1, 0.15) is 34.8 Å². The van der Waals surface area contributed by atoms with Crippen molar-refractivity contribution in [1.82, 2.24) is 9.97 Å². The summed E-state index contributed by atoms with van der Waals surface area (Å²) in [6, 6.07) is 3.43. The number of aryl methyl sites for hydroxylation is 2. The number of fused-ring (bicyclic) bond motifs is 1. The van der Waals surface area contributed by atoms with Crippen LogP contribution in [-0.2, 0) is 24.1 Å². The van der Waals surface area contributed by atoms with E-state index in [1.807, 2.05) is 11.3 Å². The van der Waals surface area contributed by atoms with Gasteiger partial charge >= 0.3 is 5.97 Å². The van der Waals surface area contributed by atoms with Crippen LogP contribution in [0.2, 0.25) is 0 Å². The first-order valence-corrected chi connectivity index (χ1v) is 9.05. The number of aliphatic carboxylic acids is 1. The number of rotatable bonds is 7. The van der Waals surface area contributed by atoms with Crippen LogP contribution in [0.3, 0.4) is 0 Å². The number of carboxylic acids is 1. The summed E-state index contributed by atoms with van der Waals surface area (Å²) in [5, 5.41) is 13.1. The lowest BCUT2D eigenvalue weighted by Crippen LogP contribution is -2.12. The zero-order chi connectivity index (χ0) is 16.8. The van der Waals surface area contributed by atoms with Gasteiger partial charge < -0.3 is 15.2 Å². The number of carbonyl (C=O) groups is 1. The lowest BCUT2D eigenvalue weighted by atomic mass is 10.2. The molecule has 0 aliphatic heterocycles. The van der Waals surface area contributed by atoms with E-state index in [2.05, 4.69) is 10.3 Å². The Morgan fingerprint density at radius 1 is 1.33 bits per heavy atom. The van der Waals surface area contributed by atoms with Gasteiger partial charge in [0.1, 0.15) is 0 Å². The largest absolute Gasteiger partial charge is 0.479 e. The number of hydrogen-bond donors (Lipinski definition) is 2.